The maximum atomic E-state index is 13.1. The minimum atomic E-state index is 0.126. The Balaban J connectivity index is 1.45. The molecule has 0 atom stereocenters. The van der Waals surface area contributed by atoms with Crippen molar-refractivity contribution in [2.45, 2.75) is 25.7 Å². The summed E-state index contributed by atoms with van der Waals surface area (Å²) in [5, 5.41) is 0. The fourth-order valence-electron chi connectivity index (χ4n) is 4.00. The van der Waals surface area contributed by atoms with Crippen LogP contribution < -0.4 is 14.4 Å². The Morgan fingerprint density at radius 2 is 1.67 bits per heavy atom. The zero-order valence-corrected chi connectivity index (χ0v) is 16.8. The molecule has 1 aromatic carbocycles. The van der Waals surface area contributed by atoms with Gasteiger partial charge < -0.3 is 19.3 Å². The van der Waals surface area contributed by atoms with Gasteiger partial charge in [0, 0.05) is 42.3 Å². The number of nitrogens with zero attached hydrogens (tertiary/aromatic N) is 2. The monoisotopic (exact) mass is 386 g/mol. The third kappa shape index (κ3) is 3.50. The first kappa shape index (κ1) is 18.2. The highest BCUT2D eigenvalue weighted by Crippen LogP contribution is 2.40. The first-order valence-electron chi connectivity index (χ1n) is 9.58. The van der Waals surface area contributed by atoms with Crippen LogP contribution in [0, 0.1) is 0 Å². The molecule has 0 saturated carbocycles. The first-order valence-corrected chi connectivity index (χ1v) is 10.4. The van der Waals surface area contributed by atoms with E-state index in [0.29, 0.717) is 0 Å². The Hall–Kier alpha value is -2.21. The van der Waals surface area contributed by atoms with Crippen molar-refractivity contribution in [3.63, 3.8) is 0 Å². The van der Waals surface area contributed by atoms with E-state index in [9.17, 15) is 4.79 Å². The molecule has 1 aliphatic carbocycles. The van der Waals surface area contributed by atoms with Crippen LogP contribution in [0.15, 0.2) is 24.3 Å². The number of amides is 1. The average Bonchev–Trinajstić information content (AvgIpc) is 3.12. The molecule has 0 bridgehead atoms. The minimum Gasteiger partial charge on any atom is -0.497 e. The molecule has 1 aromatic heterocycles. The second kappa shape index (κ2) is 7.80. The molecule has 0 N–H and O–H groups in total. The number of benzene rings is 1. The lowest BCUT2D eigenvalue weighted by Gasteiger charge is -2.36. The summed E-state index contributed by atoms with van der Waals surface area (Å²) in [6.45, 7) is 3.14. The third-order valence-electron chi connectivity index (χ3n) is 5.53. The summed E-state index contributed by atoms with van der Waals surface area (Å²) in [6.07, 6.45) is 4.52. The molecule has 2 heterocycles. The van der Waals surface area contributed by atoms with Crippen LogP contribution in [0.1, 0.15) is 33.0 Å². The number of methoxy groups -OCH3 is 2. The Bertz CT molecular complexity index is 808. The number of anilines is 1. The van der Waals surface area contributed by atoms with Gasteiger partial charge in [-0.05, 0) is 49.9 Å². The van der Waals surface area contributed by atoms with Crippen molar-refractivity contribution in [3.8, 4) is 11.5 Å². The van der Waals surface area contributed by atoms with Gasteiger partial charge in [-0.25, -0.2) is 0 Å². The lowest BCUT2D eigenvalue weighted by atomic mass is 9.98. The molecule has 144 valence electrons. The number of rotatable bonds is 4. The number of fused-ring (bicyclic) bond motifs is 1. The van der Waals surface area contributed by atoms with Gasteiger partial charge >= 0.3 is 0 Å². The van der Waals surface area contributed by atoms with E-state index >= 15 is 0 Å². The summed E-state index contributed by atoms with van der Waals surface area (Å²) in [6, 6.07) is 8.11. The van der Waals surface area contributed by atoms with Gasteiger partial charge in [0.2, 0.25) is 0 Å². The molecular formula is C21H26N2O3S. The van der Waals surface area contributed by atoms with Crippen LogP contribution in [0.4, 0.5) is 5.69 Å². The average molecular weight is 387 g/mol. The highest BCUT2D eigenvalue weighted by atomic mass is 32.1. The van der Waals surface area contributed by atoms with Crippen molar-refractivity contribution in [2.24, 2.45) is 0 Å². The number of aryl methyl sites for hydroxylation is 1. The third-order valence-corrected chi connectivity index (χ3v) is 6.79. The van der Waals surface area contributed by atoms with Gasteiger partial charge in [0.1, 0.15) is 16.4 Å². The number of hydrogen-bond donors (Lipinski definition) is 0. The largest absolute Gasteiger partial charge is 0.497 e. The van der Waals surface area contributed by atoms with Gasteiger partial charge in [-0.2, -0.15) is 0 Å². The highest BCUT2D eigenvalue weighted by molar-refractivity contribution is 7.14. The van der Waals surface area contributed by atoms with Gasteiger partial charge in [-0.3, -0.25) is 4.79 Å². The fourth-order valence-corrected chi connectivity index (χ4v) is 5.32. The molecule has 1 aliphatic heterocycles. The van der Waals surface area contributed by atoms with E-state index in [2.05, 4.69) is 17.0 Å². The molecule has 4 rings (SSSR count). The van der Waals surface area contributed by atoms with E-state index in [1.165, 1.54) is 29.0 Å². The van der Waals surface area contributed by atoms with E-state index in [0.717, 1.165) is 55.4 Å². The Morgan fingerprint density at radius 1 is 0.963 bits per heavy atom. The molecule has 2 aliphatic rings. The normalized spacial score (nSPS) is 16.8. The predicted octanol–water partition coefficient (Wildman–Crippen LogP) is 3.61. The van der Waals surface area contributed by atoms with Crippen molar-refractivity contribution in [2.75, 3.05) is 45.3 Å². The molecule has 1 saturated heterocycles. The fraction of sp³-hybridized carbons (Fsp3) is 0.476. The molecule has 27 heavy (non-hydrogen) atoms. The molecular weight excluding hydrogens is 360 g/mol. The first-order chi connectivity index (χ1) is 13.2. The molecule has 1 fully saturated rings. The van der Waals surface area contributed by atoms with Crippen LogP contribution in [-0.4, -0.2) is 51.2 Å². The van der Waals surface area contributed by atoms with Crippen molar-refractivity contribution in [1.82, 2.24) is 4.90 Å². The summed E-state index contributed by atoms with van der Waals surface area (Å²) in [5.41, 5.74) is 2.45. The van der Waals surface area contributed by atoms with Gasteiger partial charge in [-0.1, -0.05) is 0 Å². The zero-order valence-electron chi connectivity index (χ0n) is 16.0. The van der Waals surface area contributed by atoms with E-state index in [-0.39, 0.29) is 5.91 Å². The summed E-state index contributed by atoms with van der Waals surface area (Å²) >= 11 is 1.65. The quantitative estimate of drug-likeness (QED) is 0.805. The molecule has 0 unspecified atom stereocenters. The molecule has 0 radical (unpaired) electrons. The van der Waals surface area contributed by atoms with Crippen LogP contribution in [0.3, 0.4) is 0 Å². The van der Waals surface area contributed by atoms with E-state index in [1.807, 2.05) is 17.0 Å². The van der Waals surface area contributed by atoms with Crippen molar-refractivity contribution < 1.29 is 14.3 Å². The molecule has 2 aromatic rings. The number of carbonyl (C=O) groups is 1. The Labute approximate surface area is 164 Å². The van der Waals surface area contributed by atoms with Crippen molar-refractivity contribution in [3.05, 3.63) is 39.6 Å². The summed E-state index contributed by atoms with van der Waals surface area (Å²) in [7, 11) is 3.37. The lowest BCUT2D eigenvalue weighted by molar-refractivity contribution is 0.0748. The van der Waals surface area contributed by atoms with Crippen molar-refractivity contribution in [1.29, 1.82) is 0 Å². The van der Waals surface area contributed by atoms with E-state index in [4.69, 9.17) is 9.47 Å². The number of thiophene rings is 1. The SMILES string of the molecule is COc1ccc(N2CCN(C(=O)c3sc4c(c3OC)CCCC4)CC2)cc1. The predicted molar refractivity (Wildman–Crippen MR) is 109 cm³/mol. The second-order valence-electron chi connectivity index (χ2n) is 7.05. The van der Waals surface area contributed by atoms with Gasteiger partial charge in [0.25, 0.3) is 5.91 Å². The molecule has 5 nitrogen and oxygen atoms in total. The number of piperazine rings is 1. The minimum absolute atomic E-state index is 0.126. The van der Waals surface area contributed by atoms with Crippen LogP contribution >= 0.6 is 11.3 Å². The second-order valence-corrected chi connectivity index (χ2v) is 8.16. The number of hydrogen-bond acceptors (Lipinski definition) is 5. The molecule has 1 amide bonds. The zero-order chi connectivity index (χ0) is 18.8. The smallest absolute Gasteiger partial charge is 0.267 e. The summed E-state index contributed by atoms with van der Waals surface area (Å²) in [5.74, 6) is 1.82. The standard InChI is InChI=1S/C21H26N2O3S/c1-25-16-9-7-15(8-10-16)22-11-13-23(14-12-22)21(24)20-19(26-2)17-5-3-4-6-18(17)27-20/h7-10H,3-6,11-14H2,1-2H3. The van der Waals surface area contributed by atoms with Crippen LogP contribution in [0.5, 0.6) is 11.5 Å². The molecule has 6 heteroatoms. The lowest BCUT2D eigenvalue weighted by Crippen LogP contribution is -2.48. The Morgan fingerprint density at radius 3 is 2.33 bits per heavy atom. The topological polar surface area (TPSA) is 42.0 Å². The molecule has 0 spiro atoms. The maximum Gasteiger partial charge on any atom is 0.267 e. The number of ether oxygens (including phenoxy) is 2. The van der Waals surface area contributed by atoms with Gasteiger partial charge in [0.15, 0.2) is 0 Å². The van der Waals surface area contributed by atoms with Gasteiger partial charge in [0.05, 0.1) is 14.2 Å². The van der Waals surface area contributed by atoms with Crippen molar-refractivity contribution >= 4 is 22.9 Å². The highest BCUT2D eigenvalue weighted by Gasteiger charge is 2.30. The summed E-state index contributed by atoms with van der Waals surface area (Å²) in [4.78, 5) is 19.6. The Kier molecular flexibility index (Phi) is 5.25. The van der Waals surface area contributed by atoms with Crippen LogP contribution in [0.25, 0.3) is 0 Å². The number of carbonyl (C=O) groups excluding carboxylic acids is 1. The summed E-state index contributed by atoms with van der Waals surface area (Å²) < 4.78 is 10.9. The van der Waals surface area contributed by atoms with Crippen LogP contribution in [-0.2, 0) is 12.8 Å². The maximum absolute atomic E-state index is 13.1. The van der Waals surface area contributed by atoms with E-state index < -0.39 is 0 Å². The van der Waals surface area contributed by atoms with Gasteiger partial charge in [-0.15, -0.1) is 11.3 Å². The van der Waals surface area contributed by atoms with E-state index in [1.54, 1.807) is 25.6 Å². The van der Waals surface area contributed by atoms with Crippen LogP contribution in [0.2, 0.25) is 0 Å².